The molecule has 1 unspecified atom stereocenters. The van der Waals surface area contributed by atoms with Crippen molar-refractivity contribution in [2.75, 3.05) is 13.2 Å². The van der Waals surface area contributed by atoms with Gasteiger partial charge in [-0.15, -0.1) is 0 Å². The molecule has 1 saturated heterocycles. The van der Waals surface area contributed by atoms with E-state index in [1.807, 2.05) is 41.9 Å². The molecule has 1 aliphatic heterocycles. The summed E-state index contributed by atoms with van der Waals surface area (Å²) in [5.41, 5.74) is 1.95. The van der Waals surface area contributed by atoms with E-state index in [2.05, 4.69) is 33.7 Å². The first-order valence-electron chi connectivity index (χ1n) is 9.47. The lowest BCUT2D eigenvalue weighted by atomic mass is 10.2. The third kappa shape index (κ3) is 3.35. The Morgan fingerprint density at radius 1 is 1.37 bits per heavy atom. The minimum absolute atomic E-state index is 0.103. The average Bonchev–Trinajstić information content (AvgIpc) is 3.37. The highest BCUT2D eigenvalue weighted by Crippen LogP contribution is 2.24. The van der Waals surface area contributed by atoms with Gasteiger partial charge in [0.2, 0.25) is 0 Å². The van der Waals surface area contributed by atoms with Crippen LogP contribution in [0.4, 0.5) is 0 Å². The second-order valence-corrected chi connectivity index (χ2v) is 7.26. The molecule has 1 fully saturated rings. The number of carbonyl (C=O) groups is 1. The van der Waals surface area contributed by atoms with Crippen LogP contribution in [0, 0.1) is 6.92 Å². The maximum atomic E-state index is 12.8. The van der Waals surface area contributed by atoms with Gasteiger partial charge in [0.15, 0.2) is 11.5 Å². The molecule has 0 spiro atoms. The Labute approximate surface area is 158 Å². The monoisotopic (exact) mass is 367 g/mol. The first-order chi connectivity index (χ1) is 13.0. The highest BCUT2D eigenvalue weighted by atomic mass is 16.5. The Kier molecular flexibility index (Phi) is 4.70. The maximum Gasteiger partial charge on any atom is 0.272 e. The molecule has 7 nitrogen and oxygen atoms in total. The summed E-state index contributed by atoms with van der Waals surface area (Å²) in [6.07, 6.45) is 6.05. The number of aryl methyl sites for hydroxylation is 1. The molecular formula is C20H25N5O2. The van der Waals surface area contributed by atoms with Gasteiger partial charge in [0.1, 0.15) is 11.5 Å². The highest BCUT2D eigenvalue weighted by Gasteiger charge is 2.22. The molecule has 142 valence electrons. The maximum absolute atomic E-state index is 12.8. The predicted octanol–water partition coefficient (Wildman–Crippen LogP) is 3.00. The van der Waals surface area contributed by atoms with Crippen LogP contribution < -0.4 is 5.32 Å². The zero-order valence-corrected chi connectivity index (χ0v) is 16.0. The van der Waals surface area contributed by atoms with E-state index in [9.17, 15) is 4.79 Å². The Morgan fingerprint density at radius 3 is 2.93 bits per heavy atom. The SMILES string of the molecule is Cc1nc(-c2nc(C(=O)NCC3CCCO3)c3ccccn23)cn1C(C)C. The summed E-state index contributed by atoms with van der Waals surface area (Å²) in [6, 6.07) is 6.06. The van der Waals surface area contributed by atoms with Crippen LogP contribution in [0.25, 0.3) is 17.0 Å². The number of ether oxygens (including phenoxy) is 1. The lowest BCUT2D eigenvalue weighted by Gasteiger charge is -2.09. The van der Waals surface area contributed by atoms with Gasteiger partial charge in [0.25, 0.3) is 5.91 Å². The highest BCUT2D eigenvalue weighted by molar-refractivity contribution is 6.00. The van der Waals surface area contributed by atoms with Crippen molar-refractivity contribution in [2.45, 2.75) is 45.8 Å². The quantitative estimate of drug-likeness (QED) is 0.752. The number of rotatable bonds is 5. The predicted molar refractivity (Wildman–Crippen MR) is 103 cm³/mol. The number of pyridine rings is 1. The first kappa shape index (κ1) is 17.7. The summed E-state index contributed by atoms with van der Waals surface area (Å²) >= 11 is 0. The molecule has 3 aromatic heterocycles. The first-order valence-corrected chi connectivity index (χ1v) is 9.47. The van der Waals surface area contributed by atoms with Gasteiger partial charge in [-0.1, -0.05) is 6.07 Å². The van der Waals surface area contributed by atoms with Crippen molar-refractivity contribution < 1.29 is 9.53 Å². The number of aromatic nitrogens is 4. The standard InChI is InChI=1S/C20H25N5O2/c1-13(2)25-12-16(22-14(25)3)19-23-18(17-8-4-5-9-24(17)19)20(26)21-11-15-7-6-10-27-15/h4-5,8-9,12-13,15H,6-7,10-11H2,1-3H3,(H,21,26). The molecule has 1 atom stereocenters. The number of nitrogens with one attached hydrogen (secondary N) is 1. The number of nitrogens with zero attached hydrogens (tertiary/aromatic N) is 4. The topological polar surface area (TPSA) is 73.4 Å². The summed E-state index contributed by atoms with van der Waals surface area (Å²) in [5, 5.41) is 2.97. The van der Waals surface area contributed by atoms with Gasteiger partial charge in [-0.2, -0.15) is 0 Å². The van der Waals surface area contributed by atoms with Crippen molar-refractivity contribution in [1.82, 2.24) is 24.3 Å². The van der Waals surface area contributed by atoms with Crippen molar-refractivity contribution in [3.8, 4) is 11.5 Å². The number of imidazole rings is 2. The molecule has 27 heavy (non-hydrogen) atoms. The van der Waals surface area contributed by atoms with E-state index in [4.69, 9.17) is 4.74 Å². The Morgan fingerprint density at radius 2 is 2.22 bits per heavy atom. The van der Waals surface area contributed by atoms with Crippen molar-refractivity contribution in [2.24, 2.45) is 0 Å². The number of hydrogen-bond donors (Lipinski definition) is 1. The third-order valence-corrected chi connectivity index (χ3v) is 4.98. The van der Waals surface area contributed by atoms with Gasteiger partial charge in [-0.05, 0) is 45.7 Å². The number of hydrogen-bond acceptors (Lipinski definition) is 4. The summed E-state index contributed by atoms with van der Waals surface area (Å²) in [4.78, 5) is 22.1. The van der Waals surface area contributed by atoms with Gasteiger partial charge in [0, 0.05) is 31.6 Å². The number of fused-ring (bicyclic) bond motifs is 1. The lowest BCUT2D eigenvalue weighted by Crippen LogP contribution is -2.32. The second-order valence-electron chi connectivity index (χ2n) is 7.26. The molecular weight excluding hydrogens is 342 g/mol. The number of carbonyl (C=O) groups excluding carboxylic acids is 1. The second kappa shape index (κ2) is 7.15. The fourth-order valence-electron chi connectivity index (χ4n) is 3.60. The van der Waals surface area contributed by atoms with Crippen LogP contribution in [0.15, 0.2) is 30.6 Å². The van der Waals surface area contributed by atoms with E-state index >= 15 is 0 Å². The fraction of sp³-hybridized carbons (Fsp3) is 0.450. The molecule has 4 heterocycles. The van der Waals surface area contributed by atoms with Crippen molar-refractivity contribution in [1.29, 1.82) is 0 Å². The number of amides is 1. The van der Waals surface area contributed by atoms with E-state index in [0.717, 1.165) is 36.5 Å². The largest absolute Gasteiger partial charge is 0.376 e. The van der Waals surface area contributed by atoms with Gasteiger partial charge < -0.3 is 14.6 Å². The molecule has 3 aromatic rings. The van der Waals surface area contributed by atoms with Crippen molar-refractivity contribution in [3.05, 3.63) is 42.1 Å². The molecule has 1 N–H and O–H groups in total. The van der Waals surface area contributed by atoms with E-state index in [1.165, 1.54) is 0 Å². The van der Waals surface area contributed by atoms with E-state index in [1.54, 1.807) is 0 Å². The Bertz CT molecular complexity index is 966. The average molecular weight is 367 g/mol. The molecule has 0 saturated carbocycles. The summed E-state index contributed by atoms with van der Waals surface area (Å²) < 4.78 is 9.62. The van der Waals surface area contributed by atoms with Crippen LogP contribution in [0.5, 0.6) is 0 Å². The van der Waals surface area contributed by atoms with Gasteiger partial charge in [0.05, 0.1) is 11.6 Å². The molecule has 0 radical (unpaired) electrons. The van der Waals surface area contributed by atoms with Crippen LogP contribution >= 0.6 is 0 Å². The molecule has 0 aliphatic carbocycles. The molecule has 4 rings (SSSR count). The zero-order valence-electron chi connectivity index (χ0n) is 16.0. The Hall–Kier alpha value is -2.67. The third-order valence-electron chi connectivity index (χ3n) is 4.98. The van der Waals surface area contributed by atoms with E-state index in [-0.39, 0.29) is 12.0 Å². The van der Waals surface area contributed by atoms with Gasteiger partial charge in [-0.3, -0.25) is 9.20 Å². The smallest absolute Gasteiger partial charge is 0.272 e. The van der Waals surface area contributed by atoms with Gasteiger partial charge >= 0.3 is 0 Å². The fourth-order valence-corrected chi connectivity index (χ4v) is 3.60. The minimum Gasteiger partial charge on any atom is -0.376 e. The van der Waals surface area contributed by atoms with Crippen LogP contribution in [-0.2, 0) is 4.74 Å². The van der Waals surface area contributed by atoms with E-state index in [0.29, 0.717) is 24.1 Å². The van der Waals surface area contributed by atoms with Crippen LogP contribution in [0.3, 0.4) is 0 Å². The summed E-state index contributed by atoms with van der Waals surface area (Å²) in [7, 11) is 0. The molecule has 7 heteroatoms. The van der Waals surface area contributed by atoms with Gasteiger partial charge in [-0.25, -0.2) is 9.97 Å². The van der Waals surface area contributed by atoms with E-state index < -0.39 is 0 Å². The Balaban J connectivity index is 1.68. The minimum atomic E-state index is -0.180. The zero-order chi connectivity index (χ0) is 19.0. The molecule has 0 aromatic carbocycles. The molecule has 0 bridgehead atoms. The molecule has 1 aliphatic rings. The van der Waals surface area contributed by atoms with Crippen LogP contribution in [-0.4, -0.2) is 44.1 Å². The lowest BCUT2D eigenvalue weighted by molar-refractivity contribution is 0.0855. The summed E-state index contributed by atoms with van der Waals surface area (Å²) in [6.45, 7) is 7.50. The van der Waals surface area contributed by atoms with Crippen molar-refractivity contribution >= 4 is 11.4 Å². The normalized spacial score (nSPS) is 17.1. The van der Waals surface area contributed by atoms with Crippen molar-refractivity contribution in [3.63, 3.8) is 0 Å². The van der Waals surface area contributed by atoms with Crippen LogP contribution in [0.2, 0.25) is 0 Å². The summed E-state index contributed by atoms with van der Waals surface area (Å²) in [5.74, 6) is 1.42. The molecule has 1 amide bonds. The van der Waals surface area contributed by atoms with Crippen LogP contribution in [0.1, 0.15) is 49.0 Å².